The Morgan fingerprint density at radius 3 is 3.07 bits per heavy atom. The molecule has 0 unspecified atom stereocenters. The molecular formula is C9H21BN2O2. The Kier molecular flexibility index (Phi) is 5.48. The molecule has 5 heteroatoms. The highest BCUT2D eigenvalue weighted by Crippen LogP contribution is 2.10. The molecule has 0 aliphatic carbocycles. The van der Waals surface area contributed by atoms with Crippen molar-refractivity contribution in [2.75, 3.05) is 33.4 Å². The summed E-state index contributed by atoms with van der Waals surface area (Å²) < 4.78 is 5.03. The van der Waals surface area contributed by atoms with Gasteiger partial charge in [0.05, 0.1) is 0 Å². The van der Waals surface area contributed by atoms with Gasteiger partial charge in [0, 0.05) is 39.4 Å². The van der Waals surface area contributed by atoms with Crippen LogP contribution in [-0.2, 0) is 4.74 Å². The van der Waals surface area contributed by atoms with Gasteiger partial charge in [-0.05, 0) is 19.7 Å². The first-order valence-electron chi connectivity index (χ1n) is 5.39. The van der Waals surface area contributed by atoms with Crippen molar-refractivity contribution in [2.45, 2.75) is 25.7 Å². The topological polar surface area (TPSA) is 44.7 Å². The first-order valence-corrected chi connectivity index (χ1v) is 5.39. The highest BCUT2D eigenvalue weighted by molar-refractivity contribution is 6.45. The zero-order valence-electron chi connectivity index (χ0n) is 9.20. The van der Waals surface area contributed by atoms with Gasteiger partial charge < -0.3 is 19.9 Å². The molecule has 0 aromatic rings. The average Bonchev–Trinajstić information content (AvgIpc) is 2.19. The molecule has 1 atom stereocenters. The fourth-order valence-corrected chi connectivity index (χ4v) is 2.00. The van der Waals surface area contributed by atoms with Crippen molar-refractivity contribution in [1.29, 1.82) is 0 Å². The standard InChI is InChI=1S/C9H21BN2O2/c1-10(13)12-6-5-11-8-9(12)4-3-7-14-2/h9,11,13H,3-8H2,1-2H3/t9-/m0/s1. The summed E-state index contributed by atoms with van der Waals surface area (Å²) in [5, 5.41) is 12.9. The van der Waals surface area contributed by atoms with Crippen molar-refractivity contribution in [3.8, 4) is 0 Å². The summed E-state index contributed by atoms with van der Waals surface area (Å²) in [5.41, 5.74) is 0. The van der Waals surface area contributed by atoms with Crippen molar-refractivity contribution >= 4 is 7.05 Å². The molecule has 0 bridgehead atoms. The van der Waals surface area contributed by atoms with Gasteiger partial charge in [0.25, 0.3) is 0 Å². The van der Waals surface area contributed by atoms with Gasteiger partial charge in [-0.2, -0.15) is 0 Å². The fraction of sp³-hybridized carbons (Fsp3) is 1.00. The molecule has 1 heterocycles. The summed E-state index contributed by atoms with van der Waals surface area (Å²) in [6, 6.07) is 0.457. The van der Waals surface area contributed by atoms with E-state index >= 15 is 0 Å². The van der Waals surface area contributed by atoms with E-state index in [0.29, 0.717) is 6.04 Å². The predicted molar refractivity (Wildman–Crippen MR) is 58.3 cm³/mol. The van der Waals surface area contributed by atoms with Crippen LogP contribution >= 0.6 is 0 Å². The Hall–Kier alpha value is -0.0951. The van der Waals surface area contributed by atoms with Crippen LogP contribution in [0.4, 0.5) is 0 Å². The van der Waals surface area contributed by atoms with E-state index in [4.69, 9.17) is 4.74 Å². The largest absolute Gasteiger partial charge is 0.437 e. The zero-order chi connectivity index (χ0) is 10.4. The molecule has 14 heavy (non-hydrogen) atoms. The van der Waals surface area contributed by atoms with Crippen molar-refractivity contribution in [1.82, 2.24) is 10.1 Å². The Bertz CT molecular complexity index is 158. The van der Waals surface area contributed by atoms with E-state index in [1.165, 1.54) is 0 Å². The minimum atomic E-state index is -0.329. The van der Waals surface area contributed by atoms with E-state index in [-0.39, 0.29) is 7.05 Å². The van der Waals surface area contributed by atoms with Crippen LogP contribution in [-0.4, -0.2) is 56.3 Å². The molecule has 4 nitrogen and oxygen atoms in total. The molecule has 2 N–H and O–H groups in total. The molecule has 1 fully saturated rings. The van der Waals surface area contributed by atoms with Gasteiger partial charge in [-0.3, -0.25) is 0 Å². The molecule has 0 spiro atoms. The lowest BCUT2D eigenvalue weighted by Gasteiger charge is -2.37. The monoisotopic (exact) mass is 200 g/mol. The van der Waals surface area contributed by atoms with Crippen LogP contribution in [0, 0.1) is 0 Å². The summed E-state index contributed by atoms with van der Waals surface area (Å²) in [6.45, 7) is 5.55. The molecule has 1 rings (SSSR count). The summed E-state index contributed by atoms with van der Waals surface area (Å²) in [5.74, 6) is 0. The van der Waals surface area contributed by atoms with Crippen molar-refractivity contribution < 1.29 is 9.76 Å². The summed E-state index contributed by atoms with van der Waals surface area (Å²) >= 11 is 0. The quantitative estimate of drug-likeness (QED) is 0.476. The maximum atomic E-state index is 9.57. The van der Waals surface area contributed by atoms with Gasteiger partial charge in [0.1, 0.15) is 0 Å². The minimum Gasteiger partial charge on any atom is -0.437 e. The van der Waals surface area contributed by atoms with Gasteiger partial charge in [0.2, 0.25) is 0 Å². The molecule has 82 valence electrons. The van der Waals surface area contributed by atoms with Crippen LogP contribution in [0.25, 0.3) is 0 Å². The number of methoxy groups -OCH3 is 1. The highest BCUT2D eigenvalue weighted by atomic mass is 16.5. The van der Waals surface area contributed by atoms with E-state index in [1.54, 1.807) is 7.11 Å². The molecule has 0 aromatic carbocycles. The number of nitrogens with one attached hydrogen (secondary N) is 1. The molecule has 0 aromatic heterocycles. The highest BCUT2D eigenvalue weighted by Gasteiger charge is 2.26. The zero-order valence-corrected chi connectivity index (χ0v) is 9.20. The van der Waals surface area contributed by atoms with Crippen LogP contribution in [0.15, 0.2) is 0 Å². The number of piperazine rings is 1. The van der Waals surface area contributed by atoms with Crippen molar-refractivity contribution in [2.24, 2.45) is 0 Å². The van der Waals surface area contributed by atoms with Crippen molar-refractivity contribution in [3.05, 3.63) is 0 Å². The number of nitrogens with zero attached hydrogens (tertiary/aromatic N) is 1. The maximum absolute atomic E-state index is 9.57. The maximum Gasteiger partial charge on any atom is 0.376 e. The second kappa shape index (κ2) is 6.40. The Morgan fingerprint density at radius 1 is 1.64 bits per heavy atom. The number of rotatable bonds is 5. The van der Waals surface area contributed by atoms with Crippen LogP contribution in [0.1, 0.15) is 12.8 Å². The summed E-state index contributed by atoms with van der Waals surface area (Å²) in [7, 11) is 1.40. The first-order chi connectivity index (χ1) is 6.75. The van der Waals surface area contributed by atoms with Gasteiger partial charge in [-0.25, -0.2) is 0 Å². The lowest BCUT2D eigenvalue weighted by Crippen LogP contribution is -2.56. The number of ether oxygens (including phenoxy) is 1. The van der Waals surface area contributed by atoms with Gasteiger partial charge in [0.15, 0.2) is 0 Å². The number of hydrogen-bond donors (Lipinski definition) is 2. The lowest BCUT2D eigenvalue weighted by atomic mass is 9.81. The molecular weight excluding hydrogens is 179 g/mol. The van der Waals surface area contributed by atoms with Crippen LogP contribution < -0.4 is 5.32 Å². The van der Waals surface area contributed by atoms with Crippen LogP contribution in [0.2, 0.25) is 6.82 Å². The van der Waals surface area contributed by atoms with E-state index in [9.17, 15) is 5.02 Å². The Labute approximate surface area is 86.8 Å². The van der Waals surface area contributed by atoms with E-state index in [1.807, 2.05) is 6.82 Å². The molecule has 1 saturated heterocycles. The Balaban J connectivity index is 2.30. The third kappa shape index (κ3) is 3.57. The Morgan fingerprint density at radius 2 is 2.43 bits per heavy atom. The third-order valence-electron chi connectivity index (χ3n) is 2.76. The van der Waals surface area contributed by atoms with Crippen LogP contribution in [0.5, 0.6) is 0 Å². The van der Waals surface area contributed by atoms with Gasteiger partial charge in [-0.15, -0.1) is 0 Å². The fourth-order valence-electron chi connectivity index (χ4n) is 2.00. The second-order valence-corrected chi connectivity index (χ2v) is 3.86. The summed E-state index contributed by atoms with van der Waals surface area (Å²) in [4.78, 5) is 2.16. The first kappa shape index (κ1) is 12.0. The molecule has 0 radical (unpaired) electrons. The molecule has 0 saturated carbocycles. The smallest absolute Gasteiger partial charge is 0.376 e. The van der Waals surface area contributed by atoms with Gasteiger partial charge >= 0.3 is 7.05 Å². The van der Waals surface area contributed by atoms with Crippen LogP contribution in [0.3, 0.4) is 0 Å². The predicted octanol–water partition coefficient (Wildman–Crippen LogP) is -0.203. The molecule has 1 aliphatic heterocycles. The van der Waals surface area contributed by atoms with Crippen molar-refractivity contribution in [3.63, 3.8) is 0 Å². The second-order valence-electron chi connectivity index (χ2n) is 3.86. The summed E-state index contributed by atoms with van der Waals surface area (Å²) in [6.07, 6.45) is 2.15. The van der Waals surface area contributed by atoms with Gasteiger partial charge in [-0.1, -0.05) is 0 Å². The molecule has 1 aliphatic rings. The van der Waals surface area contributed by atoms with E-state index < -0.39 is 0 Å². The third-order valence-corrected chi connectivity index (χ3v) is 2.76. The normalized spacial score (nSPS) is 23.8. The van der Waals surface area contributed by atoms with E-state index in [0.717, 1.165) is 39.1 Å². The molecule has 0 amide bonds. The average molecular weight is 200 g/mol. The van der Waals surface area contributed by atoms with E-state index in [2.05, 4.69) is 10.1 Å². The SMILES string of the molecule is COCCC[C@H]1CNCCN1B(C)O. The number of hydrogen-bond acceptors (Lipinski definition) is 4. The minimum absolute atomic E-state index is 0.329. The lowest BCUT2D eigenvalue weighted by molar-refractivity contribution is 0.170.